The van der Waals surface area contributed by atoms with E-state index in [1.54, 1.807) is 30.3 Å². The summed E-state index contributed by atoms with van der Waals surface area (Å²) in [4.78, 5) is 23.4. The predicted molar refractivity (Wildman–Crippen MR) is 89.4 cm³/mol. The van der Waals surface area contributed by atoms with Gasteiger partial charge < -0.3 is 15.2 Å². The van der Waals surface area contributed by atoms with Gasteiger partial charge in [-0.05, 0) is 29.7 Å². The third-order valence-corrected chi connectivity index (χ3v) is 3.36. The van der Waals surface area contributed by atoms with Crippen LogP contribution in [0, 0.1) is 6.92 Å². The van der Waals surface area contributed by atoms with Crippen molar-refractivity contribution in [2.45, 2.75) is 20.1 Å². The molecule has 0 heterocycles. The first-order chi connectivity index (χ1) is 11.6. The summed E-state index contributed by atoms with van der Waals surface area (Å²) in [5, 5.41) is 13.8. The summed E-state index contributed by atoms with van der Waals surface area (Å²) < 4.78 is 5.37. The summed E-state index contributed by atoms with van der Waals surface area (Å²) in [5.74, 6) is 0.0865. The molecule has 0 unspecified atom stereocenters. The van der Waals surface area contributed by atoms with Crippen molar-refractivity contribution in [1.82, 2.24) is 10.6 Å². The van der Waals surface area contributed by atoms with Gasteiger partial charge in [0.25, 0.3) is 5.91 Å². The monoisotopic (exact) mass is 328 g/mol. The molecule has 0 saturated heterocycles. The number of amides is 3. The summed E-state index contributed by atoms with van der Waals surface area (Å²) in [6.07, 6.45) is 0. The van der Waals surface area contributed by atoms with E-state index >= 15 is 0 Å². The molecule has 0 fully saturated rings. The highest BCUT2D eigenvalue weighted by molar-refractivity contribution is 5.94. The number of carbonyl (C=O) groups excluding carboxylic acids is 2. The average Bonchev–Trinajstić information content (AvgIpc) is 2.59. The van der Waals surface area contributed by atoms with E-state index in [4.69, 9.17) is 9.84 Å². The van der Waals surface area contributed by atoms with E-state index in [0.29, 0.717) is 5.75 Å². The number of rotatable bonds is 6. The summed E-state index contributed by atoms with van der Waals surface area (Å²) in [6, 6.07) is 13.9. The fourth-order valence-electron chi connectivity index (χ4n) is 2.01. The standard InChI is InChI=1S/C18H20N2O4/c1-13-4-2-3-5-16(13)24-12-17(22)20-18(23)19-10-14-6-8-15(11-21)9-7-14/h2-9,21H,10-12H2,1H3,(H2,19,20,22,23). The van der Waals surface area contributed by atoms with Gasteiger partial charge in [-0.3, -0.25) is 10.1 Å². The maximum atomic E-state index is 11.7. The zero-order valence-electron chi connectivity index (χ0n) is 13.4. The summed E-state index contributed by atoms with van der Waals surface area (Å²) in [7, 11) is 0. The molecule has 2 aromatic rings. The lowest BCUT2D eigenvalue weighted by molar-refractivity contribution is -0.122. The number of benzene rings is 2. The van der Waals surface area contributed by atoms with Crippen molar-refractivity contribution >= 4 is 11.9 Å². The van der Waals surface area contributed by atoms with Crippen molar-refractivity contribution in [3.05, 3.63) is 65.2 Å². The first-order valence-corrected chi connectivity index (χ1v) is 7.53. The third-order valence-electron chi connectivity index (χ3n) is 3.36. The van der Waals surface area contributed by atoms with Crippen LogP contribution in [0.2, 0.25) is 0 Å². The number of carbonyl (C=O) groups is 2. The van der Waals surface area contributed by atoms with Gasteiger partial charge in [0.2, 0.25) is 0 Å². The van der Waals surface area contributed by atoms with Gasteiger partial charge in [-0.2, -0.15) is 0 Å². The molecule has 6 nitrogen and oxygen atoms in total. The van der Waals surface area contributed by atoms with Gasteiger partial charge in [0.1, 0.15) is 5.75 Å². The van der Waals surface area contributed by atoms with Gasteiger partial charge in [0, 0.05) is 6.54 Å². The maximum absolute atomic E-state index is 11.7. The van der Waals surface area contributed by atoms with Crippen LogP contribution in [0.25, 0.3) is 0 Å². The molecule has 0 saturated carbocycles. The van der Waals surface area contributed by atoms with Gasteiger partial charge in [-0.1, -0.05) is 42.5 Å². The van der Waals surface area contributed by atoms with Crippen LogP contribution < -0.4 is 15.4 Å². The number of urea groups is 1. The van der Waals surface area contributed by atoms with E-state index in [-0.39, 0.29) is 19.8 Å². The minimum absolute atomic E-state index is 0.0242. The fraction of sp³-hybridized carbons (Fsp3) is 0.222. The Morgan fingerprint density at radius 1 is 1.04 bits per heavy atom. The zero-order chi connectivity index (χ0) is 17.4. The van der Waals surface area contributed by atoms with E-state index in [0.717, 1.165) is 16.7 Å². The molecular weight excluding hydrogens is 308 g/mol. The van der Waals surface area contributed by atoms with Crippen LogP contribution in [0.4, 0.5) is 4.79 Å². The molecule has 24 heavy (non-hydrogen) atoms. The largest absolute Gasteiger partial charge is 0.483 e. The smallest absolute Gasteiger partial charge is 0.321 e. The van der Waals surface area contributed by atoms with Gasteiger partial charge in [0.15, 0.2) is 6.61 Å². The lowest BCUT2D eigenvalue weighted by Gasteiger charge is -2.10. The highest BCUT2D eigenvalue weighted by Crippen LogP contribution is 2.15. The molecule has 0 bridgehead atoms. The fourth-order valence-corrected chi connectivity index (χ4v) is 2.01. The first kappa shape index (κ1) is 17.5. The lowest BCUT2D eigenvalue weighted by atomic mass is 10.1. The second-order valence-corrected chi connectivity index (χ2v) is 5.26. The van der Waals surface area contributed by atoms with Crippen LogP contribution >= 0.6 is 0 Å². The van der Waals surface area contributed by atoms with Gasteiger partial charge in [-0.15, -0.1) is 0 Å². The Labute approximate surface area is 140 Å². The minimum atomic E-state index is -0.584. The number of imide groups is 1. The zero-order valence-corrected chi connectivity index (χ0v) is 13.4. The van der Waals surface area contributed by atoms with Crippen molar-refractivity contribution in [1.29, 1.82) is 0 Å². The van der Waals surface area contributed by atoms with Crippen LogP contribution in [0.5, 0.6) is 5.75 Å². The Morgan fingerprint density at radius 3 is 2.38 bits per heavy atom. The quantitative estimate of drug-likeness (QED) is 0.756. The normalized spacial score (nSPS) is 10.1. The Bertz CT molecular complexity index is 698. The van der Waals surface area contributed by atoms with E-state index in [1.807, 2.05) is 25.1 Å². The SMILES string of the molecule is Cc1ccccc1OCC(=O)NC(=O)NCc1ccc(CO)cc1. The topological polar surface area (TPSA) is 87.7 Å². The molecule has 0 spiro atoms. The molecule has 3 amide bonds. The van der Waals surface area contributed by atoms with E-state index in [1.165, 1.54) is 0 Å². The van der Waals surface area contributed by atoms with Crippen LogP contribution in [0.15, 0.2) is 48.5 Å². The molecule has 6 heteroatoms. The first-order valence-electron chi connectivity index (χ1n) is 7.53. The Balaban J connectivity index is 1.73. The van der Waals surface area contributed by atoms with E-state index in [2.05, 4.69) is 10.6 Å². The number of aryl methyl sites for hydroxylation is 1. The molecule has 0 aromatic heterocycles. The second-order valence-electron chi connectivity index (χ2n) is 5.26. The molecule has 0 radical (unpaired) electrons. The van der Waals surface area contributed by atoms with Crippen molar-refractivity contribution < 1.29 is 19.4 Å². The summed E-state index contributed by atoms with van der Waals surface area (Å²) >= 11 is 0. The van der Waals surface area contributed by atoms with Gasteiger partial charge in [-0.25, -0.2) is 4.79 Å². The Hall–Kier alpha value is -2.86. The maximum Gasteiger partial charge on any atom is 0.321 e. The van der Waals surface area contributed by atoms with Crippen molar-refractivity contribution in [3.63, 3.8) is 0 Å². The highest BCUT2D eigenvalue weighted by Gasteiger charge is 2.09. The second kappa shape index (κ2) is 8.69. The summed E-state index contributed by atoms with van der Waals surface area (Å²) in [5.41, 5.74) is 2.58. The number of para-hydroxylation sites is 1. The van der Waals surface area contributed by atoms with Gasteiger partial charge >= 0.3 is 6.03 Å². The van der Waals surface area contributed by atoms with Crippen LogP contribution in [-0.2, 0) is 17.9 Å². The predicted octanol–water partition coefficient (Wildman–Crippen LogP) is 1.89. The van der Waals surface area contributed by atoms with Crippen molar-refractivity contribution in [3.8, 4) is 5.75 Å². The molecule has 0 aliphatic heterocycles. The molecule has 3 N–H and O–H groups in total. The molecular formula is C18H20N2O4. The third kappa shape index (κ3) is 5.40. The molecule has 0 atom stereocenters. The molecule has 2 aromatic carbocycles. The molecule has 126 valence electrons. The van der Waals surface area contributed by atoms with E-state index < -0.39 is 11.9 Å². The van der Waals surface area contributed by atoms with Crippen molar-refractivity contribution in [2.24, 2.45) is 0 Å². The van der Waals surface area contributed by atoms with E-state index in [9.17, 15) is 9.59 Å². The number of aliphatic hydroxyl groups is 1. The molecule has 0 aliphatic rings. The highest BCUT2D eigenvalue weighted by atomic mass is 16.5. The van der Waals surface area contributed by atoms with Crippen LogP contribution in [0.1, 0.15) is 16.7 Å². The van der Waals surface area contributed by atoms with Gasteiger partial charge in [0.05, 0.1) is 6.61 Å². The Morgan fingerprint density at radius 2 is 1.71 bits per heavy atom. The number of ether oxygens (including phenoxy) is 1. The van der Waals surface area contributed by atoms with Crippen molar-refractivity contribution in [2.75, 3.05) is 6.61 Å². The number of hydrogen-bond donors (Lipinski definition) is 3. The molecule has 2 rings (SSSR count). The Kier molecular flexibility index (Phi) is 6.33. The number of nitrogens with one attached hydrogen (secondary N) is 2. The minimum Gasteiger partial charge on any atom is -0.483 e. The average molecular weight is 328 g/mol. The van der Waals surface area contributed by atoms with Crippen LogP contribution in [-0.4, -0.2) is 23.7 Å². The van der Waals surface area contributed by atoms with Crippen LogP contribution in [0.3, 0.4) is 0 Å². The number of aliphatic hydroxyl groups excluding tert-OH is 1. The lowest BCUT2D eigenvalue weighted by Crippen LogP contribution is -2.41. The number of hydrogen-bond acceptors (Lipinski definition) is 4. The summed E-state index contributed by atoms with van der Waals surface area (Å²) in [6.45, 7) is 1.90. The molecule has 0 aliphatic carbocycles.